The molecule has 1 saturated carbocycles. The third-order valence-corrected chi connectivity index (χ3v) is 4.89. The van der Waals surface area contributed by atoms with Crippen LogP contribution in [-0.2, 0) is 0 Å². The Hall–Kier alpha value is -1.89. The Morgan fingerprint density at radius 2 is 1.25 bits per heavy atom. The van der Waals surface area contributed by atoms with Crippen LogP contribution >= 0.6 is 0 Å². The van der Waals surface area contributed by atoms with Crippen LogP contribution in [0.3, 0.4) is 0 Å². The molecule has 24 heavy (non-hydrogen) atoms. The summed E-state index contributed by atoms with van der Waals surface area (Å²) in [6.07, 6.45) is 3.42. The molecule has 0 spiro atoms. The largest absolute Gasteiger partial charge is 0.207 e. The van der Waals surface area contributed by atoms with E-state index in [1.165, 1.54) is 23.1 Å². The van der Waals surface area contributed by atoms with Crippen LogP contribution in [0, 0.1) is 16.6 Å². The van der Waals surface area contributed by atoms with Gasteiger partial charge in [-0.1, -0.05) is 75.7 Å². The van der Waals surface area contributed by atoms with Gasteiger partial charge in [0, 0.05) is 0 Å². The summed E-state index contributed by atoms with van der Waals surface area (Å²) in [5.41, 5.74) is 5.71. The molecular weight excluding hydrogens is 295 g/mol. The summed E-state index contributed by atoms with van der Waals surface area (Å²) in [6.45, 7) is 9.45. The number of halogens is 1. The predicted molar refractivity (Wildman–Crippen MR) is 100 cm³/mol. The van der Waals surface area contributed by atoms with Crippen LogP contribution in [0.15, 0.2) is 60.2 Å². The van der Waals surface area contributed by atoms with Crippen molar-refractivity contribution in [2.75, 3.05) is 0 Å². The fraction of sp³-hybridized carbons (Fsp3) is 0.391. The highest BCUT2D eigenvalue weighted by molar-refractivity contribution is 5.82. The summed E-state index contributed by atoms with van der Waals surface area (Å²) >= 11 is 0. The van der Waals surface area contributed by atoms with Gasteiger partial charge in [0.1, 0.15) is 5.82 Å². The van der Waals surface area contributed by atoms with Crippen molar-refractivity contribution in [2.24, 2.45) is 10.8 Å². The molecule has 0 atom stereocenters. The van der Waals surface area contributed by atoms with E-state index in [0.29, 0.717) is 0 Å². The smallest absolute Gasteiger partial charge is 0.123 e. The molecule has 2 aromatic rings. The van der Waals surface area contributed by atoms with Crippen LogP contribution in [0.1, 0.15) is 58.1 Å². The molecule has 0 N–H and O–H groups in total. The molecule has 0 nitrogen and oxygen atoms in total. The van der Waals surface area contributed by atoms with Gasteiger partial charge >= 0.3 is 0 Å². The summed E-state index contributed by atoms with van der Waals surface area (Å²) < 4.78 is 13.4. The number of hydrogen-bond acceptors (Lipinski definition) is 0. The number of hydrogen-bond donors (Lipinski definition) is 0. The maximum atomic E-state index is 13.4. The molecule has 1 aliphatic rings. The SMILES string of the molecule is CC1(C)CC(=C(c2ccccc2)c2ccc(F)cc2)CC(C)(C)C1. The summed E-state index contributed by atoms with van der Waals surface area (Å²) in [5, 5.41) is 0. The number of benzene rings is 2. The zero-order valence-corrected chi connectivity index (χ0v) is 15.2. The maximum Gasteiger partial charge on any atom is 0.123 e. The Morgan fingerprint density at radius 3 is 1.79 bits per heavy atom. The Kier molecular flexibility index (Phi) is 4.38. The Labute approximate surface area is 145 Å². The minimum Gasteiger partial charge on any atom is -0.207 e. The molecule has 0 aliphatic heterocycles. The first kappa shape index (κ1) is 17.0. The molecule has 126 valence electrons. The first-order valence-electron chi connectivity index (χ1n) is 8.79. The molecule has 2 aromatic carbocycles. The lowest BCUT2D eigenvalue weighted by Gasteiger charge is -2.43. The molecular formula is C23H27F. The van der Waals surface area contributed by atoms with Crippen LogP contribution < -0.4 is 0 Å². The lowest BCUT2D eigenvalue weighted by Crippen LogP contribution is -2.30. The molecule has 1 heteroatoms. The van der Waals surface area contributed by atoms with Crippen LogP contribution in [0.2, 0.25) is 0 Å². The molecule has 0 heterocycles. The lowest BCUT2D eigenvalue weighted by atomic mass is 9.62. The highest BCUT2D eigenvalue weighted by Crippen LogP contribution is 2.50. The third kappa shape index (κ3) is 3.77. The predicted octanol–water partition coefficient (Wildman–Crippen LogP) is 6.86. The molecule has 0 radical (unpaired) electrons. The summed E-state index contributed by atoms with van der Waals surface area (Å²) in [5.74, 6) is -0.180. The first-order chi connectivity index (χ1) is 11.3. The Balaban J connectivity index is 2.18. The third-order valence-electron chi connectivity index (χ3n) is 4.89. The Morgan fingerprint density at radius 1 is 0.750 bits per heavy atom. The van der Waals surface area contributed by atoms with E-state index in [1.54, 1.807) is 12.1 Å². The molecule has 3 rings (SSSR count). The minimum atomic E-state index is -0.180. The van der Waals surface area contributed by atoms with Crippen molar-refractivity contribution in [3.8, 4) is 0 Å². The highest BCUT2D eigenvalue weighted by atomic mass is 19.1. The van der Waals surface area contributed by atoms with Crippen molar-refractivity contribution in [1.29, 1.82) is 0 Å². The van der Waals surface area contributed by atoms with Gasteiger partial charge in [0.15, 0.2) is 0 Å². The van der Waals surface area contributed by atoms with Gasteiger partial charge in [0.05, 0.1) is 0 Å². The Bertz CT molecular complexity index is 715. The molecule has 1 aliphatic carbocycles. The van der Waals surface area contributed by atoms with Crippen LogP contribution in [-0.4, -0.2) is 0 Å². The zero-order valence-electron chi connectivity index (χ0n) is 15.2. The van der Waals surface area contributed by atoms with E-state index in [2.05, 4.69) is 52.0 Å². The van der Waals surface area contributed by atoms with Crippen molar-refractivity contribution in [2.45, 2.75) is 47.0 Å². The van der Waals surface area contributed by atoms with Crippen molar-refractivity contribution < 1.29 is 4.39 Å². The normalized spacial score (nSPS) is 19.1. The van der Waals surface area contributed by atoms with Crippen molar-refractivity contribution in [3.63, 3.8) is 0 Å². The number of allylic oxidation sites excluding steroid dienone is 1. The van der Waals surface area contributed by atoms with Gasteiger partial charge in [0.2, 0.25) is 0 Å². The van der Waals surface area contributed by atoms with Gasteiger partial charge in [-0.15, -0.1) is 0 Å². The van der Waals surface area contributed by atoms with E-state index in [-0.39, 0.29) is 16.6 Å². The average molecular weight is 322 g/mol. The monoisotopic (exact) mass is 322 g/mol. The molecule has 0 saturated heterocycles. The second kappa shape index (κ2) is 6.20. The van der Waals surface area contributed by atoms with Crippen LogP contribution in [0.5, 0.6) is 0 Å². The van der Waals surface area contributed by atoms with Crippen molar-refractivity contribution in [3.05, 3.63) is 77.1 Å². The van der Waals surface area contributed by atoms with E-state index >= 15 is 0 Å². The minimum absolute atomic E-state index is 0.180. The van der Waals surface area contributed by atoms with Crippen LogP contribution in [0.25, 0.3) is 5.57 Å². The molecule has 1 fully saturated rings. The first-order valence-corrected chi connectivity index (χ1v) is 8.79. The van der Waals surface area contributed by atoms with Crippen LogP contribution in [0.4, 0.5) is 4.39 Å². The summed E-state index contributed by atoms with van der Waals surface area (Å²) in [6, 6.07) is 17.5. The van der Waals surface area contributed by atoms with Gasteiger partial charge in [-0.05, 0) is 58.9 Å². The second-order valence-corrected chi connectivity index (χ2v) is 8.71. The average Bonchev–Trinajstić information content (AvgIpc) is 2.47. The van der Waals surface area contributed by atoms with Gasteiger partial charge in [-0.25, -0.2) is 4.39 Å². The molecule has 0 bridgehead atoms. The van der Waals surface area contributed by atoms with Gasteiger partial charge in [0.25, 0.3) is 0 Å². The number of rotatable bonds is 2. The standard InChI is InChI=1S/C23H27F/c1-22(2)14-19(15-23(3,4)16-22)21(17-8-6-5-7-9-17)18-10-12-20(24)13-11-18/h5-13H,14-16H2,1-4H3. The summed E-state index contributed by atoms with van der Waals surface area (Å²) in [4.78, 5) is 0. The highest BCUT2D eigenvalue weighted by Gasteiger charge is 2.36. The topological polar surface area (TPSA) is 0 Å². The van der Waals surface area contributed by atoms with E-state index < -0.39 is 0 Å². The van der Waals surface area contributed by atoms with Crippen molar-refractivity contribution in [1.82, 2.24) is 0 Å². The van der Waals surface area contributed by atoms with Gasteiger partial charge < -0.3 is 0 Å². The van der Waals surface area contributed by atoms with E-state index in [0.717, 1.165) is 18.4 Å². The molecule has 0 unspecified atom stereocenters. The van der Waals surface area contributed by atoms with Gasteiger partial charge in [-0.3, -0.25) is 0 Å². The van der Waals surface area contributed by atoms with E-state index in [1.807, 2.05) is 18.2 Å². The fourth-order valence-electron chi connectivity index (χ4n) is 4.61. The van der Waals surface area contributed by atoms with E-state index in [9.17, 15) is 4.39 Å². The summed E-state index contributed by atoms with van der Waals surface area (Å²) in [7, 11) is 0. The van der Waals surface area contributed by atoms with Gasteiger partial charge in [-0.2, -0.15) is 0 Å². The quantitative estimate of drug-likeness (QED) is 0.566. The lowest BCUT2D eigenvalue weighted by molar-refractivity contribution is 0.154. The molecule has 0 aromatic heterocycles. The zero-order chi connectivity index (χ0) is 17.4. The van der Waals surface area contributed by atoms with Crippen molar-refractivity contribution >= 4 is 5.57 Å². The second-order valence-electron chi connectivity index (χ2n) is 8.71. The maximum absolute atomic E-state index is 13.4. The molecule has 0 amide bonds. The van der Waals surface area contributed by atoms with E-state index in [4.69, 9.17) is 0 Å². The fourth-order valence-corrected chi connectivity index (χ4v) is 4.61.